The fraction of sp³-hybridized carbons (Fsp3) is 0.333. The molecule has 0 aliphatic rings. The zero-order valence-electron chi connectivity index (χ0n) is 9.23. The van der Waals surface area contributed by atoms with E-state index in [0.717, 1.165) is 0 Å². The van der Waals surface area contributed by atoms with Crippen molar-refractivity contribution in [3.8, 4) is 0 Å². The summed E-state index contributed by atoms with van der Waals surface area (Å²) in [6.45, 7) is 1.59. The molecule has 1 unspecified atom stereocenters. The van der Waals surface area contributed by atoms with Crippen LogP contribution in [0.25, 0.3) is 0 Å². The van der Waals surface area contributed by atoms with Gasteiger partial charge >= 0.3 is 5.69 Å². The van der Waals surface area contributed by atoms with Crippen molar-refractivity contribution in [2.75, 3.05) is 12.4 Å². The minimum atomic E-state index is -0.604. The second-order valence-corrected chi connectivity index (χ2v) is 4.17. The van der Waals surface area contributed by atoms with Crippen molar-refractivity contribution in [1.82, 2.24) is 10.3 Å². The third-order valence-electron chi connectivity index (χ3n) is 2.02. The number of aromatic nitrogens is 1. The molecule has 0 spiro atoms. The van der Waals surface area contributed by atoms with Gasteiger partial charge < -0.3 is 10.6 Å². The first-order valence-corrected chi connectivity index (χ1v) is 5.53. The molecule has 1 atom stereocenters. The average Bonchev–Trinajstić information content (AvgIpc) is 2.29. The second-order valence-electron chi connectivity index (χ2n) is 3.26. The van der Waals surface area contributed by atoms with Crippen LogP contribution in [0.1, 0.15) is 6.92 Å². The summed E-state index contributed by atoms with van der Waals surface area (Å²) in [5.74, 6) is -0.210. The zero-order chi connectivity index (χ0) is 13.0. The molecular formula is C9H11BrN4O3. The van der Waals surface area contributed by atoms with Gasteiger partial charge in [-0.1, -0.05) is 0 Å². The molecule has 8 heteroatoms. The van der Waals surface area contributed by atoms with Crippen molar-refractivity contribution in [1.29, 1.82) is 0 Å². The molecule has 0 aliphatic carbocycles. The summed E-state index contributed by atoms with van der Waals surface area (Å²) in [6.07, 6.45) is 1.42. The number of hydrogen-bond acceptors (Lipinski definition) is 5. The van der Waals surface area contributed by atoms with E-state index in [2.05, 4.69) is 31.5 Å². The first-order valence-electron chi connectivity index (χ1n) is 4.73. The highest BCUT2D eigenvalue weighted by Crippen LogP contribution is 2.25. The molecule has 92 valence electrons. The molecule has 0 aliphatic heterocycles. The van der Waals surface area contributed by atoms with E-state index < -0.39 is 11.0 Å². The summed E-state index contributed by atoms with van der Waals surface area (Å²) in [7, 11) is 1.49. The van der Waals surface area contributed by atoms with Crippen molar-refractivity contribution >= 4 is 33.3 Å². The Morgan fingerprint density at radius 1 is 1.65 bits per heavy atom. The molecule has 1 aromatic rings. The van der Waals surface area contributed by atoms with Gasteiger partial charge in [0.15, 0.2) is 0 Å². The van der Waals surface area contributed by atoms with E-state index in [4.69, 9.17) is 0 Å². The summed E-state index contributed by atoms with van der Waals surface area (Å²) in [6, 6.07) is 0.721. The predicted octanol–water partition coefficient (Wildman–Crippen LogP) is 1.30. The SMILES string of the molecule is CNC(=O)C(C)Nc1ncc(Br)cc1[N+](=O)[O-]. The number of carbonyl (C=O) groups is 1. The van der Waals surface area contributed by atoms with Crippen molar-refractivity contribution in [3.05, 3.63) is 26.9 Å². The summed E-state index contributed by atoms with van der Waals surface area (Å²) in [4.78, 5) is 25.4. The standard InChI is InChI=1S/C9H11BrN4O3/c1-5(9(15)11-2)13-8-7(14(16)17)3-6(10)4-12-8/h3-5H,1-2H3,(H,11,15)(H,12,13). The van der Waals surface area contributed by atoms with Crippen LogP contribution in [-0.2, 0) is 4.79 Å². The predicted molar refractivity (Wildman–Crippen MR) is 65.7 cm³/mol. The molecule has 0 fully saturated rings. The Kier molecular flexibility index (Phi) is 4.38. The highest BCUT2D eigenvalue weighted by Gasteiger charge is 2.19. The number of rotatable bonds is 4. The summed E-state index contributed by atoms with van der Waals surface area (Å²) < 4.78 is 0.502. The van der Waals surface area contributed by atoms with E-state index >= 15 is 0 Å². The summed E-state index contributed by atoms with van der Waals surface area (Å²) in [5, 5.41) is 15.9. The molecule has 17 heavy (non-hydrogen) atoms. The summed E-state index contributed by atoms with van der Waals surface area (Å²) >= 11 is 3.10. The van der Waals surface area contributed by atoms with E-state index in [-0.39, 0.29) is 17.4 Å². The number of pyridine rings is 1. The lowest BCUT2D eigenvalue weighted by molar-refractivity contribution is -0.384. The minimum absolute atomic E-state index is 0.0642. The van der Waals surface area contributed by atoms with Crippen LogP contribution in [0.15, 0.2) is 16.7 Å². The van der Waals surface area contributed by atoms with Gasteiger partial charge in [0, 0.05) is 23.8 Å². The maximum atomic E-state index is 11.3. The Bertz CT molecular complexity index is 452. The van der Waals surface area contributed by atoms with Crippen LogP contribution in [0.2, 0.25) is 0 Å². The van der Waals surface area contributed by atoms with Crippen LogP contribution in [0.3, 0.4) is 0 Å². The molecule has 7 nitrogen and oxygen atoms in total. The molecule has 1 amide bonds. The molecule has 0 saturated heterocycles. The van der Waals surface area contributed by atoms with Crippen LogP contribution in [0.4, 0.5) is 11.5 Å². The Balaban J connectivity index is 2.98. The quantitative estimate of drug-likeness (QED) is 0.645. The number of likely N-dealkylation sites (N-methyl/N-ethyl adjacent to an activating group) is 1. The number of carbonyl (C=O) groups excluding carboxylic acids is 1. The topological polar surface area (TPSA) is 97.2 Å². The van der Waals surface area contributed by atoms with Gasteiger partial charge in [-0.2, -0.15) is 0 Å². The molecular weight excluding hydrogens is 292 g/mol. The Morgan fingerprint density at radius 2 is 2.29 bits per heavy atom. The van der Waals surface area contributed by atoms with Gasteiger partial charge in [-0.3, -0.25) is 14.9 Å². The maximum absolute atomic E-state index is 11.3. The van der Waals surface area contributed by atoms with Crippen LogP contribution < -0.4 is 10.6 Å². The fourth-order valence-electron chi connectivity index (χ4n) is 1.17. The van der Waals surface area contributed by atoms with Crippen molar-refractivity contribution in [2.45, 2.75) is 13.0 Å². The Hall–Kier alpha value is -1.70. The largest absolute Gasteiger partial charge is 0.357 e. The number of amides is 1. The summed E-state index contributed by atoms with van der Waals surface area (Å²) in [5.41, 5.74) is -0.185. The minimum Gasteiger partial charge on any atom is -0.357 e. The first-order chi connectivity index (χ1) is 7.95. The third-order valence-corrected chi connectivity index (χ3v) is 2.46. The van der Waals surface area contributed by atoms with Gasteiger partial charge in [-0.15, -0.1) is 0 Å². The average molecular weight is 303 g/mol. The van der Waals surface area contributed by atoms with E-state index in [9.17, 15) is 14.9 Å². The number of nitrogens with zero attached hydrogens (tertiary/aromatic N) is 2. The second kappa shape index (κ2) is 5.58. The first kappa shape index (κ1) is 13.4. The molecule has 0 aromatic carbocycles. The number of nitrogens with one attached hydrogen (secondary N) is 2. The van der Waals surface area contributed by atoms with Gasteiger partial charge in [0.1, 0.15) is 6.04 Å². The highest BCUT2D eigenvalue weighted by atomic mass is 79.9. The van der Waals surface area contributed by atoms with Gasteiger partial charge in [-0.05, 0) is 22.9 Å². The maximum Gasteiger partial charge on any atom is 0.312 e. The molecule has 1 heterocycles. The number of nitro groups is 1. The van der Waals surface area contributed by atoms with Crippen molar-refractivity contribution in [3.63, 3.8) is 0 Å². The van der Waals surface area contributed by atoms with Gasteiger partial charge in [0.05, 0.1) is 4.92 Å². The van der Waals surface area contributed by atoms with Gasteiger partial charge in [0.2, 0.25) is 11.7 Å². The molecule has 1 rings (SSSR count). The molecule has 0 saturated carbocycles. The zero-order valence-corrected chi connectivity index (χ0v) is 10.8. The number of anilines is 1. The van der Waals surface area contributed by atoms with Gasteiger partial charge in [-0.25, -0.2) is 4.98 Å². The van der Waals surface area contributed by atoms with Crippen molar-refractivity contribution in [2.24, 2.45) is 0 Å². The van der Waals surface area contributed by atoms with Crippen LogP contribution in [0, 0.1) is 10.1 Å². The third kappa shape index (κ3) is 3.38. The van der Waals surface area contributed by atoms with Crippen LogP contribution >= 0.6 is 15.9 Å². The molecule has 0 bridgehead atoms. The lowest BCUT2D eigenvalue weighted by atomic mass is 10.3. The molecule has 0 radical (unpaired) electrons. The number of halogens is 1. The lowest BCUT2D eigenvalue weighted by Crippen LogP contribution is -2.35. The monoisotopic (exact) mass is 302 g/mol. The van der Waals surface area contributed by atoms with E-state index in [1.807, 2.05) is 0 Å². The Morgan fingerprint density at radius 3 is 2.82 bits per heavy atom. The van der Waals surface area contributed by atoms with Crippen LogP contribution in [0.5, 0.6) is 0 Å². The number of hydrogen-bond donors (Lipinski definition) is 2. The van der Waals surface area contributed by atoms with Crippen molar-refractivity contribution < 1.29 is 9.72 Å². The smallest absolute Gasteiger partial charge is 0.312 e. The fourth-order valence-corrected chi connectivity index (χ4v) is 1.49. The lowest BCUT2D eigenvalue weighted by Gasteiger charge is -2.12. The van der Waals surface area contributed by atoms with Crippen LogP contribution in [-0.4, -0.2) is 28.9 Å². The van der Waals surface area contributed by atoms with Gasteiger partial charge in [0.25, 0.3) is 0 Å². The van der Waals surface area contributed by atoms with E-state index in [0.29, 0.717) is 4.47 Å². The highest BCUT2D eigenvalue weighted by molar-refractivity contribution is 9.10. The van der Waals surface area contributed by atoms with E-state index in [1.54, 1.807) is 6.92 Å². The molecule has 2 N–H and O–H groups in total. The Labute approximate surface area is 106 Å². The normalized spacial score (nSPS) is 11.7. The van der Waals surface area contributed by atoms with E-state index in [1.165, 1.54) is 19.3 Å². The molecule has 1 aromatic heterocycles.